The van der Waals surface area contributed by atoms with Crippen LogP contribution in [0, 0.1) is 0 Å². The normalized spacial score (nSPS) is 12.2. The fourth-order valence-corrected chi connectivity index (χ4v) is 4.06. The molecule has 3 N–H and O–H groups in total. The molecule has 32 heavy (non-hydrogen) atoms. The van der Waals surface area contributed by atoms with Gasteiger partial charge in [0.2, 0.25) is 0 Å². The standard InChI is InChI=1S/C22H30N6O2S2/c1-15(2)30-20-8-7-17(32(23)29)12-18(20)25-22-26-19(14-31-22)16-6-9-21(24-13-16)28(5)11-10-27(3)4/h6-9,12-15H,10-11,23H2,1-5H3,(H,25,26). The Morgan fingerprint density at radius 2 is 1.97 bits per heavy atom. The Bertz CT molecular complexity index is 1050. The van der Waals surface area contributed by atoms with E-state index < -0.39 is 11.0 Å². The number of nitrogens with two attached hydrogens (primary N) is 1. The van der Waals surface area contributed by atoms with Gasteiger partial charge in [-0.1, -0.05) is 0 Å². The number of thiazole rings is 1. The lowest BCUT2D eigenvalue weighted by atomic mass is 10.2. The van der Waals surface area contributed by atoms with Crippen molar-refractivity contribution in [2.24, 2.45) is 5.14 Å². The van der Waals surface area contributed by atoms with Crippen LogP contribution in [0.15, 0.2) is 46.8 Å². The van der Waals surface area contributed by atoms with E-state index in [9.17, 15) is 4.21 Å². The monoisotopic (exact) mass is 474 g/mol. The molecular weight excluding hydrogens is 444 g/mol. The molecule has 0 bridgehead atoms. The molecule has 1 unspecified atom stereocenters. The minimum Gasteiger partial charge on any atom is -0.489 e. The highest BCUT2D eigenvalue weighted by atomic mass is 32.2. The number of ether oxygens (including phenoxy) is 1. The van der Waals surface area contributed by atoms with Gasteiger partial charge in [-0.15, -0.1) is 11.3 Å². The molecule has 0 fully saturated rings. The molecule has 1 atom stereocenters. The summed E-state index contributed by atoms with van der Waals surface area (Å²) in [5, 5.41) is 11.5. The van der Waals surface area contributed by atoms with Gasteiger partial charge in [0.25, 0.3) is 0 Å². The maximum Gasteiger partial charge on any atom is 0.187 e. The van der Waals surface area contributed by atoms with Crippen molar-refractivity contribution in [3.05, 3.63) is 41.9 Å². The molecule has 0 saturated heterocycles. The van der Waals surface area contributed by atoms with Crippen molar-refractivity contribution in [3.8, 4) is 17.0 Å². The fraction of sp³-hybridized carbons (Fsp3) is 0.364. The highest BCUT2D eigenvalue weighted by Gasteiger charge is 2.13. The van der Waals surface area contributed by atoms with Crippen LogP contribution in [-0.4, -0.2) is 59.4 Å². The molecule has 1 aromatic carbocycles. The van der Waals surface area contributed by atoms with E-state index in [1.54, 1.807) is 18.2 Å². The molecule has 0 aliphatic heterocycles. The molecule has 10 heteroatoms. The van der Waals surface area contributed by atoms with Crippen molar-refractivity contribution in [1.82, 2.24) is 14.9 Å². The van der Waals surface area contributed by atoms with Gasteiger partial charge in [0.15, 0.2) is 5.13 Å². The zero-order valence-electron chi connectivity index (χ0n) is 19.0. The van der Waals surface area contributed by atoms with Crippen LogP contribution in [0.2, 0.25) is 0 Å². The number of benzene rings is 1. The highest BCUT2D eigenvalue weighted by Crippen LogP contribution is 2.33. The predicted molar refractivity (Wildman–Crippen MR) is 133 cm³/mol. The van der Waals surface area contributed by atoms with Crippen LogP contribution in [0.1, 0.15) is 13.8 Å². The molecular formula is C22H30N6O2S2. The second kappa shape index (κ2) is 10.9. The summed E-state index contributed by atoms with van der Waals surface area (Å²) in [7, 11) is 4.57. The first-order valence-electron chi connectivity index (χ1n) is 10.2. The van der Waals surface area contributed by atoms with Gasteiger partial charge in [0, 0.05) is 37.3 Å². The number of rotatable bonds is 10. The van der Waals surface area contributed by atoms with Crippen LogP contribution >= 0.6 is 11.3 Å². The van der Waals surface area contributed by atoms with E-state index in [0.29, 0.717) is 21.5 Å². The van der Waals surface area contributed by atoms with Crippen LogP contribution < -0.4 is 20.1 Å². The molecule has 8 nitrogen and oxygen atoms in total. The van der Waals surface area contributed by atoms with E-state index in [1.807, 2.05) is 44.6 Å². The zero-order valence-corrected chi connectivity index (χ0v) is 20.7. The fourth-order valence-electron chi connectivity index (χ4n) is 2.90. The van der Waals surface area contributed by atoms with Gasteiger partial charge < -0.3 is 19.9 Å². The first kappa shape index (κ1) is 24.1. The van der Waals surface area contributed by atoms with Gasteiger partial charge in [-0.3, -0.25) is 0 Å². The number of anilines is 3. The van der Waals surface area contributed by atoms with Crippen molar-refractivity contribution in [2.75, 3.05) is 44.4 Å². The van der Waals surface area contributed by atoms with Crippen molar-refractivity contribution < 1.29 is 8.95 Å². The van der Waals surface area contributed by atoms with E-state index >= 15 is 0 Å². The molecule has 0 amide bonds. The SMILES string of the molecule is CC(C)Oc1ccc(S(N)=O)cc1Nc1nc(-c2ccc(N(C)CCN(C)C)nc2)cs1. The number of hydrogen-bond acceptors (Lipinski definition) is 8. The summed E-state index contributed by atoms with van der Waals surface area (Å²) >= 11 is 1.47. The van der Waals surface area contributed by atoms with Crippen molar-refractivity contribution in [3.63, 3.8) is 0 Å². The van der Waals surface area contributed by atoms with Crippen LogP contribution in [0.4, 0.5) is 16.6 Å². The molecule has 2 aromatic heterocycles. The molecule has 0 radical (unpaired) electrons. The Balaban J connectivity index is 1.76. The van der Waals surface area contributed by atoms with Gasteiger partial charge in [-0.05, 0) is 58.3 Å². The molecule has 0 saturated carbocycles. The lowest BCUT2D eigenvalue weighted by molar-refractivity contribution is 0.243. The summed E-state index contributed by atoms with van der Waals surface area (Å²) in [5.41, 5.74) is 2.44. The summed E-state index contributed by atoms with van der Waals surface area (Å²) in [4.78, 5) is 14.1. The Hall–Kier alpha value is -2.53. The van der Waals surface area contributed by atoms with Crippen LogP contribution in [0.3, 0.4) is 0 Å². The largest absolute Gasteiger partial charge is 0.489 e. The predicted octanol–water partition coefficient (Wildman–Crippen LogP) is 3.72. The van der Waals surface area contributed by atoms with E-state index in [-0.39, 0.29) is 6.10 Å². The average molecular weight is 475 g/mol. The second-order valence-corrected chi connectivity index (χ2v) is 9.84. The molecule has 2 heterocycles. The zero-order chi connectivity index (χ0) is 23.3. The summed E-state index contributed by atoms with van der Waals surface area (Å²) in [6, 6.07) is 9.24. The van der Waals surface area contributed by atoms with Gasteiger partial charge in [-0.2, -0.15) is 0 Å². The molecule has 3 aromatic rings. The molecule has 0 aliphatic carbocycles. The van der Waals surface area contributed by atoms with Crippen molar-refractivity contribution in [2.45, 2.75) is 24.8 Å². The third-order valence-corrected chi connectivity index (χ3v) is 6.09. The summed E-state index contributed by atoms with van der Waals surface area (Å²) in [5.74, 6) is 1.57. The Labute approximate surface area is 196 Å². The van der Waals surface area contributed by atoms with Gasteiger partial charge in [0.05, 0.1) is 22.4 Å². The molecule has 172 valence electrons. The minimum absolute atomic E-state index is 0.00271. The maximum atomic E-state index is 11.7. The van der Waals surface area contributed by atoms with E-state index in [1.165, 1.54) is 11.3 Å². The third kappa shape index (κ3) is 6.49. The van der Waals surface area contributed by atoms with Gasteiger partial charge in [0.1, 0.15) is 22.6 Å². The number of likely N-dealkylation sites (N-methyl/N-ethyl adjacent to an activating group) is 2. The first-order chi connectivity index (χ1) is 15.2. The highest BCUT2D eigenvalue weighted by molar-refractivity contribution is 7.82. The average Bonchev–Trinajstić information content (AvgIpc) is 3.21. The molecule has 0 spiro atoms. The lowest BCUT2D eigenvalue weighted by Crippen LogP contribution is -2.28. The Morgan fingerprint density at radius 3 is 2.59 bits per heavy atom. The minimum atomic E-state index is -1.58. The number of nitrogens with one attached hydrogen (secondary N) is 1. The topological polar surface area (TPSA) is 96.6 Å². The third-order valence-electron chi connectivity index (χ3n) is 4.61. The Kier molecular flexibility index (Phi) is 8.19. The van der Waals surface area contributed by atoms with E-state index in [4.69, 9.17) is 9.88 Å². The maximum absolute atomic E-state index is 11.7. The molecule has 0 aliphatic rings. The van der Waals surface area contributed by atoms with Crippen LogP contribution in [-0.2, 0) is 11.0 Å². The summed E-state index contributed by atoms with van der Waals surface area (Å²) in [6.07, 6.45) is 1.84. The first-order valence-corrected chi connectivity index (χ1v) is 12.3. The Morgan fingerprint density at radius 1 is 1.19 bits per heavy atom. The number of aromatic nitrogens is 2. The van der Waals surface area contributed by atoms with E-state index in [0.717, 1.165) is 30.2 Å². The van der Waals surface area contributed by atoms with Gasteiger partial charge >= 0.3 is 0 Å². The van der Waals surface area contributed by atoms with E-state index in [2.05, 4.69) is 39.2 Å². The van der Waals surface area contributed by atoms with Crippen molar-refractivity contribution in [1.29, 1.82) is 0 Å². The quantitative estimate of drug-likeness (QED) is 0.462. The second-order valence-electron chi connectivity index (χ2n) is 7.91. The van der Waals surface area contributed by atoms with Crippen molar-refractivity contribution >= 4 is 39.0 Å². The van der Waals surface area contributed by atoms with Gasteiger partial charge in [-0.25, -0.2) is 19.3 Å². The number of nitrogens with zero attached hydrogens (tertiary/aromatic N) is 4. The lowest BCUT2D eigenvalue weighted by Gasteiger charge is -2.20. The smallest absolute Gasteiger partial charge is 0.187 e. The summed E-state index contributed by atoms with van der Waals surface area (Å²) in [6.45, 7) is 5.77. The summed E-state index contributed by atoms with van der Waals surface area (Å²) < 4.78 is 17.6. The van der Waals surface area contributed by atoms with Crippen LogP contribution in [0.25, 0.3) is 11.3 Å². The number of hydrogen-bond donors (Lipinski definition) is 2. The molecule has 3 rings (SSSR count). The van der Waals surface area contributed by atoms with Crippen LogP contribution in [0.5, 0.6) is 5.75 Å². The number of pyridine rings is 1.